The number of nitrogens with one attached hydrogen (secondary N) is 1. The molecule has 1 heterocycles. The topological polar surface area (TPSA) is 49.4 Å². The number of nitrogens with zero attached hydrogens (tertiary/aromatic N) is 1. The minimum Gasteiger partial charge on any atom is -0.339 e. The van der Waals surface area contributed by atoms with Crippen molar-refractivity contribution in [1.82, 2.24) is 4.90 Å². The molecule has 1 N–H and O–H groups in total. The van der Waals surface area contributed by atoms with E-state index in [1.54, 1.807) is 29.2 Å². The molecule has 0 aliphatic carbocycles. The molecule has 1 saturated heterocycles. The van der Waals surface area contributed by atoms with Crippen LogP contribution in [0.2, 0.25) is 0 Å². The lowest BCUT2D eigenvalue weighted by atomic mass is 10.1. The highest BCUT2D eigenvalue weighted by Crippen LogP contribution is 2.29. The Morgan fingerprint density at radius 3 is 2.11 bits per heavy atom. The molecule has 146 valence electrons. The molecule has 2 aromatic rings. The number of rotatable bonds is 4. The number of amides is 2. The summed E-state index contributed by atoms with van der Waals surface area (Å²) in [5.74, 6) is -0.434. The van der Waals surface area contributed by atoms with Crippen molar-refractivity contribution in [3.05, 3.63) is 71.3 Å². The summed E-state index contributed by atoms with van der Waals surface area (Å²) in [5.41, 5.74) is 0.840. The van der Waals surface area contributed by atoms with Crippen LogP contribution in [-0.2, 0) is 11.0 Å². The smallest absolute Gasteiger partial charge is 0.339 e. The zero-order valence-corrected chi connectivity index (χ0v) is 15.0. The maximum Gasteiger partial charge on any atom is 0.416 e. The lowest BCUT2D eigenvalue weighted by molar-refractivity contribution is -0.137. The van der Waals surface area contributed by atoms with E-state index >= 15 is 0 Å². The van der Waals surface area contributed by atoms with Gasteiger partial charge in [0.15, 0.2) is 0 Å². The van der Waals surface area contributed by atoms with Gasteiger partial charge in [-0.05, 0) is 60.9 Å². The number of likely N-dealkylation sites (tertiary alicyclic amines) is 1. The van der Waals surface area contributed by atoms with Crippen LogP contribution in [-0.4, -0.2) is 29.8 Å². The van der Waals surface area contributed by atoms with Crippen molar-refractivity contribution in [2.75, 3.05) is 18.4 Å². The van der Waals surface area contributed by atoms with Crippen LogP contribution in [0.5, 0.6) is 0 Å². The number of benzene rings is 2. The van der Waals surface area contributed by atoms with E-state index in [-0.39, 0.29) is 5.91 Å². The van der Waals surface area contributed by atoms with Gasteiger partial charge < -0.3 is 10.2 Å². The Bertz CT molecular complexity index is 866. The van der Waals surface area contributed by atoms with Crippen molar-refractivity contribution < 1.29 is 22.8 Å². The van der Waals surface area contributed by atoms with Gasteiger partial charge in [-0.3, -0.25) is 9.59 Å². The number of halogens is 3. The van der Waals surface area contributed by atoms with Crippen LogP contribution in [0, 0.1) is 0 Å². The van der Waals surface area contributed by atoms with Gasteiger partial charge in [0.2, 0.25) is 5.91 Å². The number of hydrogen-bond acceptors (Lipinski definition) is 2. The number of anilines is 1. The molecule has 0 atom stereocenters. The number of alkyl halides is 3. The second kappa shape index (κ2) is 8.29. The molecule has 1 aliphatic rings. The second-order valence-corrected chi connectivity index (χ2v) is 6.52. The quantitative estimate of drug-likeness (QED) is 0.779. The highest BCUT2D eigenvalue weighted by molar-refractivity contribution is 6.02. The van der Waals surface area contributed by atoms with Crippen LogP contribution in [0.25, 0.3) is 6.08 Å². The third-order valence-corrected chi connectivity index (χ3v) is 4.46. The van der Waals surface area contributed by atoms with E-state index < -0.39 is 17.6 Å². The summed E-state index contributed by atoms with van der Waals surface area (Å²) in [6.07, 6.45) is 0.324. The van der Waals surface area contributed by atoms with E-state index in [0.717, 1.165) is 38.1 Å². The Morgan fingerprint density at radius 1 is 0.929 bits per heavy atom. The van der Waals surface area contributed by atoms with Gasteiger partial charge in [0.25, 0.3) is 5.91 Å². The van der Waals surface area contributed by atoms with E-state index in [2.05, 4.69) is 5.32 Å². The summed E-state index contributed by atoms with van der Waals surface area (Å²) in [4.78, 5) is 26.1. The van der Waals surface area contributed by atoms with Gasteiger partial charge >= 0.3 is 6.18 Å². The maximum atomic E-state index is 12.5. The molecule has 0 bridgehead atoms. The molecule has 7 heteroatoms. The van der Waals surface area contributed by atoms with Crippen molar-refractivity contribution in [2.24, 2.45) is 0 Å². The fourth-order valence-electron chi connectivity index (χ4n) is 2.94. The molecular weight excluding hydrogens is 369 g/mol. The van der Waals surface area contributed by atoms with Crippen LogP contribution in [0.1, 0.15) is 34.3 Å². The molecular formula is C21H19F3N2O2. The van der Waals surface area contributed by atoms with Crippen LogP contribution in [0.4, 0.5) is 18.9 Å². The summed E-state index contributed by atoms with van der Waals surface area (Å²) < 4.78 is 37.6. The predicted octanol–water partition coefficient (Wildman–Crippen LogP) is 4.59. The third-order valence-electron chi connectivity index (χ3n) is 4.46. The van der Waals surface area contributed by atoms with E-state index in [1.165, 1.54) is 24.3 Å². The summed E-state index contributed by atoms with van der Waals surface area (Å²) >= 11 is 0. The van der Waals surface area contributed by atoms with Gasteiger partial charge in [-0.1, -0.05) is 12.1 Å². The van der Waals surface area contributed by atoms with Crippen LogP contribution in [0.3, 0.4) is 0 Å². The summed E-state index contributed by atoms with van der Waals surface area (Å²) in [6.45, 7) is 1.54. The minimum atomic E-state index is -4.39. The fourth-order valence-corrected chi connectivity index (χ4v) is 2.94. The zero-order valence-electron chi connectivity index (χ0n) is 15.0. The Balaban J connectivity index is 1.57. The summed E-state index contributed by atoms with van der Waals surface area (Å²) in [6, 6.07) is 11.1. The molecule has 1 aliphatic heterocycles. The molecule has 2 amide bonds. The molecule has 0 aromatic heterocycles. The molecule has 28 heavy (non-hydrogen) atoms. The van der Waals surface area contributed by atoms with Gasteiger partial charge in [0, 0.05) is 30.4 Å². The molecule has 0 unspecified atom stereocenters. The van der Waals surface area contributed by atoms with Crippen molar-refractivity contribution in [1.29, 1.82) is 0 Å². The predicted molar refractivity (Wildman–Crippen MR) is 101 cm³/mol. The van der Waals surface area contributed by atoms with Crippen molar-refractivity contribution in [3.63, 3.8) is 0 Å². The third kappa shape index (κ3) is 5.00. The second-order valence-electron chi connectivity index (χ2n) is 6.52. The molecule has 0 spiro atoms. The molecule has 4 nitrogen and oxygen atoms in total. The normalized spacial score (nSPS) is 14.5. The SMILES string of the molecule is O=C(/C=C/c1ccc(C(F)(F)F)cc1)Nc1ccc(C(=O)N2CCCC2)cc1. The minimum absolute atomic E-state index is 0.0161. The lowest BCUT2D eigenvalue weighted by Gasteiger charge is -2.15. The standard InChI is InChI=1S/C21H19F3N2O2/c22-21(23,24)17-8-3-15(4-9-17)5-12-19(27)25-18-10-6-16(7-11-18)20(28)26-13-1-2-14-26/h3-12H,1-2,13-14H2,(H,25,27)/b12-5+. The largest absolute Gasteiger partial charge is 0.416 e. The Hall–Kier alpha value is -3.09. The van der Waals surface area contributed by atoms with E-state index in [0.29, 0.717) is 16.8 Å². The Kier molecular flexibility index (Phi) is 5.82. The maximum absolute atomic E-state index is 12.5. The first-order valence-corrected chi connectivity index (χ1v) is 8.88. The molecule has 0 radical (unpaired) electrons. The Morgan fingerprint density at radius 2 is 1.54 bits per heavy atom. The van der Waals surface area contributed by atoms with Crippen molar-refractivity contribution in [3.8, 4) is 0 Å². The number of carbonyl (C=O) groups is 2. The first kappa shape index (κ1) is 19.7. The lowest BCUT2D eigenvalue weighted by Crippen LogP contribution is -2.27. The summed E-state index contributed by atoms with van der Waals surface area (Å²) in [7, 11) is 0. The molecule has 0 saturated carbocycles. The van der Waals surface area contributed by atoms with Gasteiger partial charge in [-0.25, -0.2) is 0 Å². The Labute approximate surface area is 160 Å². The average Bonchev–Trinajstić information content (AvgIpc) is 3.21. The van der Waals surface area contributed by atoms with E-state index in [9.17, 15) is 22.8 Å². The number of carbonyl (C=O) groups excluding carboxylic acids is 2. The monoisotopic (exact) mass is 388 g/mol. The van der Waals surface area contributed by atoms with Crippen LogP contribution < -0.4 is 5.32 Å². The summed E-state index contributed by atoms with van der Waals surface area (Å²) in [5, 5.41) is 2.65. The van der Waals surface area contributed by atoms with Crippen LogP contribution in [0.15, 0.2) is 54.6 Å². The highest BCUT2D eigenvalue weighted by atomic mass is 19.4. The van der Waals surface area contributed by atoms with E-state index in [1.807, 2.05) is 0 Å². The zero-order chi connectivity index (χ0) is 20.1. The average molecular weight is 388 g/mol. The van der Waals surface area contributed by atoms with Gasteiger partial charge in [0.1, 0.15) is 0 Å². The number of hydrogen-bond donors (Lipinski definition) is 1. The molecule has 2 aromatic carbocycles. The molecule has 1 fully saturated rings. The van der Waals surface area contributed by atoms with Crippen molar-refractivity contribution in [2.45, 2.75) is 19.0 Å². The first-order chi connectivity index (χ1) is 13.3. The van der Waals surface area contributed by atoms with Crippen molar-refractivity contribution >= 4 is 23.6 Å². The highest BCUT2D eigenvalue weighted by Gasteiger charge is 2.29. The van der Waals surface area contributed by atoms with Gasteiger partial charge in [-0.15, -0.1) is 0 Å². The first-order valence-electron chi connectivity index (χ1n) is 8.88. The van der Waals surface area contributed by atoms with Gasteiger partial charge in [0.05, 0.1) is 5.56 Å². The fraction of sp³-hybridized carbons (Fsp3) is 0.238. The molecule has 3 rings (SSSR count). The van der Waals surface area contributed by atoms with E-state index in [4.69, 9.17) is 0 Å². The van der Waals surface area contributed by atoms with Crippen LogP contribution >= 0.6 is 0 Å². The van der Waals surface area contributed by atoms with Gasteiger partial charge in [-0.2, -0.15) is 13.2 Å².